The monoisotopic (exact) mass is 491 g/mol. The predicted octanol–water partition coefficient (Wildman–Crippen LogP) is 5.25. The summed E-state index contributed by atoms with van der Waals surface area (Å²) in [6.45, 7) is 3.01. The van der Waals surface area contributed by atoms with Crippen molar-refractivity contribution in [2.24, 2.45) is 0 Å². The highest BCUT2D eigenvalue weighted by atomic mass is 35.5. The number of carbonyl (C=O) groups excluding carboxylic acids is 1. The van der Waals surface area contributed by atoms with Crippen LogP contribution in [-0.2, 0) is 9.59 Å². The molecule has 174 valence electrons. The van der Waals surface area contributed by atoms with Gasteiger partial charge in [-0.2, -0.15) is 0 Å². The lowest BCUT2D eigenvalue weighted by Gasteiger charge is -2.29. The quantitative estimate of drug-likeness (QED) is 0.395. The van der Waals surface area contributed by atoms with Crippen molar-refractivity contribution in [1.29, 1.82) is 0 Å². The van der Waals surface area contributed by atoms with Gasteiger partial charge in [0.25, 0.3) is 12.4 Å². The van der Waals surface area contributed by atoms with Crippen LogP contribution in [0.4, 0.5) is 0 Å². The lowest BCUT2D eigenvalue weighted by Crippen LogP contribution is -2.43. The fraction of sp³-hybridized carbons (Fsp3) is 0.292. The molecule has 1 aromatic heterocycles. The number of halogens is 2. The zero-order valence-corrected chi connectivity index (χ0v) is 19.4. The lowest BCUT2D eigenvalue weighted by molar-refractivity contribution is -0.138. The largest absolute Gasteiger partial charge is 0.483 e. The molecule has 1 fully saturated rings. The number of fused-ring (bicyclic) bond motifs is 1. The van der Waals surface area contributed by atoms with Crippen molar-refractivity contribution in [2.45, 2.75) is 32.3 Å². The molecule has 2 heterocycles. The molecule has 0 spiro atoms. The van der Waals surface area contributed by atoms with Crippen LogP contribution >= 0.6 is 23.2 Å². The molecule has 1 unspecified atom stereocenters. The van der Waals surface area contributed by atoms with E-state index in [1.807, 2.05) is 4.90 Å². The highest BCUT2D eigenvalue weighted by Crippen LogP contribution is 2.38. The van der Waals surface area contributed by atoms with Crippen molar-refractivity contribution < 1.29 is 23.8 Å². The topological polar surface area (TPSA) is 97.0 Å². The minimum atomic E-state index is -0.631. The van der Waals surface area contributed by atoms with E-state index in [2.05, 4.69) is 0 Å². The molecule has 1 aliphatic rings. The average molecular weight is 492 g/mol. The van der Waals surface area contributed by atoms with Crippen LogP contribution in [-0.4, -0.2) is 41.6 Å². The molecule has 1 amide bonds. The van der Waals surface area contributed by atoms with E-state index >= 15 is 0 Å². The average Bonchev–Trinajstić information content (AvgIpc) is 2.79. The third-order valence-electron chi connectivity index (χ3n) is 5.28. The molecule has 33 heavy (non-hydrogen) atoms. The van der Waals surface area contributed by atoms with Gasteiger partial charge in [0.05, 0.1) is 0 Å². The molecule has 1 N–H and O–H groups in total. The Morgan fingerprint density at radius 3 is 2.39 bits per heavy atom. The van der Waals surface area contributed by atoms with Gasteiger partial charge in [-0.05, 0) is 50.5 Å². The Balaban J connectivity index is 0.000000968. The number of carboxylic acid groups (broad SMARTS) is 1. The maximum absolute atomic E-state index is 12.6. The van der Waals surface area contributed by atoms with Gasteiger partial charge in [0, 0.05) is 51.8 Å². The van der Waals surface area contributed by atoms with Gasteiger partial charge in [-0.25, -0.2) is 4.79 Å². The van der Waals surface area contributed by atoms with Gasteiger partial charge in [0.1, 0.15) is 11.3 Å². The predicted molar refractivity (Wildman–Crippen MR) is 127 cm³/mol. The molecule has 1 aliphatic heterocycles. The minimum absolute atomic E-state index is 0.0344. The molecule has 4 rings (SSSR count). The number of benzene rings is 2. The molecule has 0 aliphatic carbocycles. The number of nitrogens with zero attached hydrogens (tertiary/aromatic N) is 1. The Morgan fingerprint density at radius 2 is 1.76 bits per heavy atom. The van der Waals surface area contributed by atoms with E-state index in [-0.39, 0.29) is 12.4 Å². The number of hydrogen-bond donors (Lipinski definition) is 1. The number of likely N-dealkylation sites (tertiary alicyclic amines) is 1. The summed E-state index contributed by atoms with van der Waals surface area (Å²) in [4.78, 5) is 35.0. The first-order valence-electron chi connectivity index (χ1n) is 10.4. The van der Waals surface area contributed by atoms with Crippen LogP contribution < -0.4 is 10.4 Å². The van der Waals surface area contributed by atoms with Crippen LogP contribution in [0.2, 0.25) is 10.0 Å². The normalized spacial score (nSPS) is 14.2. The van der Waals surface area contributed by atoms with Crippen molar-refractivity contribution in [1.82, 2.24) is 4.90 Å². The van der Waals surface area contributed by atoms with Crippen LogP contribution in [0.5, 0.6) is 5.75 Å². The third-order valence-corrected chi connectivity index (χ3v) is 5.91. The van der Waals surface area contributed by atoms with Gasteiger partial charge >= 0.3 is 5.63 Å². The van der Waals surface area contributed by atoms with Gasteiger partial charge in [-0.1, -0.05) is 29.3 Å². The minimum Gasteiger partial charge on any atom is -0.483 e. The van der Waals surface area contributed by atoms with Crippen LogP contribution in [0, 0.1) is 0 Å². The molecular weight excluding hydrogens is 469 g/mol. The summed E-state index contributed by atoms with van der Waals surface area (Å²) in [5.41, 5.74) is 0.966. The Hall–Kier alpha value is -3.03. The van der Waals surface area contributed by atoms with E-state index in [1.165, 1.54) is 6.07 Å². The first kappa shape index (κ1) is 24.6. The SMILES string of the molecule is CC(Oc1ccc2c(-c3c(Cl)cccc3Cl)cc(=O)oc2c1)C(=O)N1CCCCC1.O=CO. The summed E-state index contributed by atoms with van der Waals surface area (Å²) >= 11 is 12.7. The molecule has 9 heteroatoms. The molecule has 0 saturated carbocycles. The van der Waals surface area contributed by atoms with Crippen LogP contribution in [0.3, 0.4) is 0 Å². The van der Waals surface area contributed by atoms with Crippen molar-refractivity contribution >= 4 is 46.6 Å². The second-order valence-electron chi connectivity index (χ2n) is 7.49. The van der Waals surface area contributed by atoms with Gasteiger partial charge in [0.15, 0.2) is 6.10 Å². The molecule has 0 bridgehead atoms. The number of amides is 1. The lowest BCUT2D eigenvalue weighted by atomic mass is 10.0. The van der Waals surface area contributed by atoms with Gasteiger partial charge in [0.2, 0.25) is 0 Å². The second-order valence-corrected chi connectivity index (χ2v) is 8.30. The first-order valence-corrected chi connectivity index (χ1v) is 11.2. The molecule has 0 radical (unpaired) electrons. The molecule has 3 aromatic rings. The number of piperidine rings is 1. The van der Waals surface area contributed by atoms with E-state index in [4.69, 9.17) is 42.3 Å². The standard InChI is InChI=1S/C23H21Cl2NO4.CH2O2/c1-14(23(28)26-10-3-2-4-11-26)29-15-8-9-16-17(13-21(27)30-20(16)12-15)22-18(24)6-5-7-19(22)25;2-1-3/h5-9,12-14H,2-4,10-11H2,1H3;1H,(H,2,3). The van der Waals surface area contributed by atoms with Crippen molar-refractivity contribution in [3.63, 3.8) is 0 Å². The van der Waals surface area contributed by atoms with Gasteiger partial charge in [-0.3, -0.25) is 9.59 Å². The van der Waals surface area contributed by atoms with Crippen LogP contribution in [0.15, 0.2) is 51.7 Å². The van der Waals surface area contributed by atoms with E-state index < -0.39 is 11.7 Å². The van der Waals surface area contributed by atoms with Crippen LogP contribution in [0.1, 0.15) is 26.2 Å². The number of rotatable bonds is 4. The maximum Gasteiger partial charge on any atom is 0.336 e. The summed E-state index contributed by atoms with van der Waals surface area (Å²) < 4.78 is 11.3. The number of hydrogen-bond acceptors (Lipinski definition) is 5. The van der Waals surface area contributed by atoms with E-state index in [0.717, 1.165) is 32.4 Å². The summed E-state index contributed by atoms with van der Waals surface area (Å²) in [6.07, 6.45) is 2.56. The second kappa shape index (κ2) is 11.2. The van der Waals surface area contributed by atoms with Gasteiger partial charge in [-0.15, -0.1) is 0 Å². The zero-order chi connectivity index (χ0) is 24.0. The first-order chi connectivity index (χ1) is 15.8. The Bertz CT molecular complexity index is 1180. The zero-order valence-electron chi connectivity index (χ0n) is 17.9. The molecule has 1 atom stereocenters. The summed E-state index contributed by atoms with van der Waals surface area (Å²) in [6, 6.07) is 11.7. The van der Waals surface area contributed by atoms with Crippen LogP contribution in [0.25, 0.3) is 22.1 Å². The van der Waals surface area contributed by atoms with E-state index in [1.54, 1.807) is 43.3 Å². The maximum atomic E-state index is 12.6. The Labute approximate surface area is 200 Å². The summed E-state index contributed by atoms with van der Waals surface area (Å²) in [7, 11) is 0. The summed E-state index contributed by atoms with van der Waals surface area (Å²) in [5.74, 6) is 0.416. The number of ether oxygens (including phenoxy) is 1. The highest BCUT2D eigenvalue weighted by molar-refractivity contribution is 6.39. The fourth-order valence-corrected chi connectivity index (χ4v) is 4.41. The van der Waals surface area contributed by atoms with Gasteiger partial charge < -0.3 is 19.2 Å². The Kier molecular flexibility index (Phi) is 8.36. The smallest absolute Gasteiger partial charge is 0.336 e. The molecule has 7 nitrogen and oxygen atoms in total. The molecular formula is C24H23Cl2NO6. The highest BCUT2D eigenvalue weighted by Gasteiger charge is 2.24. The van der Waals surface area contributed by atoms with E-state index in [9.17, 15) is 9.59 Å². The van der Waals surface area contributed by atoms with Crippen molar-refractivity contribution in [2.75, 3.05) is 13.1 Å². The van der Waals surface area contributed by atoms with E-state index in [0.29, 0.717) is 37.9 Å². The molecule has 2 aromatic carbocycles. The Morgan fingerprint density at radius 1 is 1.12 bits per heavy atom. The molecule has 1 saturated heterocycles. The fourth-order valence-electron chi connectivity index (χ4n) is 3.80. The van der Waals surface area contributed by atoms with Crippen molar-refractivity contribution in [3.8, 4) is 16.9 Å². The summed E-state index contributed by atoms with van der Waals surface area (Å²) in [5, 5.41) is 8.44. The third kappa shape index (κ3) is 5.86. The number of carbonyl (C=O) groups is 2. The van der Waals surface area contributed by atoms with Crippen molar-refractivity contribution in [3.05, 3.63) is 62.9 Å².